The first-order valence-electron chi connectivity index (χ1n) is 14.4. The van der Waals surface area contributed by atoms with E-state index in [1.54, 1.807) is 31.6 Å². The van der Waals surface area contributed by atoms with Crippen LogP contribution in [0.1, 0.15) is 66.7 Å². The van der Waals surface area contributed by atoms with Gasteiger partial charge in [0.25, 0.3) is 5.91 Å². The summed E-state index contributed by atoms with van der Waals surface area (Å²) in [4.78, 5) is 41.7. The topological polar surface area (TPSA) is 128 Å². The van der Waals surface area contributed by atoms with Gasteiger partial charge in [0.15, 0.2) is 0 Å². The minimum absolute atomic E-state index is 0.0485. The maximum absolute atomic E-state index is 16.1. The first kappa shape index (κ1) is 26.4. The van der Waals surface area contributed by atoms with Gasteiger partial charge >= 0.3 is 0 Å². The molecular weight excluding hydrogens is 537 g/mol. The second-order valence-corrected chi connectivity index (χ2v) is 11.7. The predicted octanol–water partition coefficient (Wildman–Crippen LogP) is 4.73. The van der Waals surface area contributed by atoms with E-state index in [4.69, 9.17) is 15.5 Å². The number of hydrogen-bond acceptors (Lipinski definition) is 7. The molecule has 3 fully saturated rings. The molecule has 4 aromatic rings. The van der Waals surface area contributed by atoms with Gasteiger partial charge in [-0.3, -0.25) is 14.0 Å². The molecule has 3 aliphatic rings. The number of pyridine rings is 1. The monoisotopic (exact) mass is 569 g/mol. The molecule has 3 aromatic heterocycles. The lowest BCUT2D eigenvalue weighted by atomic mass is 9.91. The highest BCUT2D eigenvalue weighted by Crippen LogP contribution is 2.58. The molecule has 10 nitrogen and oxygen atoms in total. The quantitative estimate of drug-likeness (QED) is 0.344. The van der Waals surface area contributed by atoms with Gasteiger partial charge in [-0.25, -0.2) is 19.3 Å². The predicted molar refractivity (Wildman–Crippen MR) is 155 cm³/mol. The number of fused-ring (bicyclic) bond motifs is 2. The van der Waals surface area contributed by atoms with Gasteiger partial charge in [0.1, 0.15) is 40.2 Å². The Labute approximate surface area is 242 Å². The van der Waals surface area contributed by atoms with E-state index >= 15 is 4.39 Å². The van der Waals surface area contributed by atoms with E-state index in [1.807, 2.05) is 22.3 Å². The highest BCUT2D eigenvalue weighted by molar-refractivity contribution is 6.05. The molecule has 1 spiro atoms. The van der Waals surface area contributed by atoms with Crippen molar-refractivity contribution in [1.82, 2.24) is 24.3 Å². The Hall–Kier alpha value is -4.54. The fourth-order valence-electron chi connectivity index (χ4n) is 6.66. The number of carbonyl (C=O) groups excluding carboxylic acids is 2. The van der Waals surface area contributed by atoms with Crippen LogP contribution in [-0.2, 0) is 4.79 Å². The van der Waals surface area contributed by atoms with Crippen LogP contribution in [0.15, 0.2) is 42.9 Å². The van der Waals surface area contributed by atoms with Gasteiger partial charge in [-0.15, -0.1) is 0 Å². The molecule has 5 heterocycles. The van der Waals surface area contributed by atoms with E-state index in [9.17, 15) is 9.59 Å². The van der Waals surface area contributed by atoms with Gasteiger partial charge in [0, 0.05) is 42.7 Å². The van der Waals surface area contributed by atoms with Crippen molar-refractivity contribution in [2.24, 2.45) is 5.41 Å². The van der Waals surface area contributed by atoms with Gasteiger partial charge in [0.05, 0.1) is 17.6 Å². The molecule has 2 amide bonds. The number of aryl methyl sites for hydroxylation is 1. The Morgan fingerprint density at radius 1 is 1.21 bits per heavy atom. The first-order chi connectivity index (χ1) is 20.3. The number of nitrogens with zero attached hydrogens (tertiary/aromatic N) is 5. The van der Waals surface area contributed by atoms with E-state index in [0.717, 1.165) is 37.7 Å². The van der Waals surface area contributed by atoms with Crippen LogP contribution >= 0.6 is 0 Å². The Bertz CT molecular complexity index is 1750. The molecule has 11 heteroatoms. The number of ether oxygens (including phenoxy) is 1. The SMILES string of the molecule is CCOc1cc(C(=O)Nc2cc(C)ccn2)cc(F)c1-c1nc([C@@H]2CC[C@H]3CC4(CC4)C(=O)N3C2)n2ccnc(N)c12. The zero-order valence-corrected chi connectivity index (χ0v) is 23.6. The molecule has 216 valence electrons. The number of amides is 2. The smallest absolute Gasteiger partial charge is 0.257 e. The average molecular weight is 570 g/mol. The third-order valence-corrected chi connectivity index (χ3v) is 8.89. The molecule has 7 rings (SSSR count). The number of nitrogens with two attached hydrogens (primary N) is 1. The van der Waals surface area contributed by atoms with Crippen LogP contribution in [0.25, 0.3) is 16.8 Å². The molecule has 0 radical (unpaired) electrons. The fourth-order valence-corrected chi connectivity index (χ4v) is 6.66. The summed E-state index contributed by atoms with van der Waals surface area (Å²) in [5.74, 6) is 0.457. The van der Waals surface area contributed by atoms with Crippen molar-refractivity contribution in [2.45, 2.75) is 57.9 Å². The van der Waals surface area contributed by atoms with Crippen molar-refractivity contribution in [3.05, 3.63) is 65.6 Å². The van der Waals surface area contributed by atoms with E-state index in [0.29, 0.717) is 23.7 Å². The van der Waals surface area contributed by atoms with E-state index in [2.05, 4.69) is 15.3 Å². The molecule has 1 saturated carbocycles. The zero-order valence-electron chi connectivity index (χ0n) is 23.6. The Balaban J connectivity index is 1.28. The number of carbonyl (C=O) groups is 2. The van der Waals surface area contributed by atoms with E-state index < -0.39 is 11.7 Å². The van der Waals surface area contributed by atoms with Crippen molar-refractivity contribution in [1.29, 1.82) is 0 Å². The van der Waals surface area contributed by atoms with Gasteiger partial charge < -0.3 is 20.7 Å². The Morgan fingerprint density at radius 3 is 2.81 bits per heavy atom. The third kappa shape index (κ3) is 4.26. The van der Waals surface area contributed by atoms with Gasteiger partial charge in [-0.05, 0) is 75.8 Å². The highest BCUT2D eigenvalue weighted by Gasteiger charge is 2.60. The summed E-state index contributed by atoms with van der Waals surface area (Å²) >= 11 is 0. The molecule has 1 aliphatic carbocycles. The number of nitrogen functional groups attached to an aromatic ring is 1. The van der Waals surface area contributed by atoms with Crippen LogP contribution in [0.5, 0.6) is 5.75 Å². The number of imidazole rings is 1. The molecular formula is C31H32FN7O3. The number of benzene rings is 1. The van der Waals surface area contributed by atoms with Crippen LogP contribution in [0.3, 0.4) is 0 Å². The molecule has 2 atom stereocenters. The number of piperidine rings is 1. The maximum Gasteiger partial charge on any atom is 0.257 e. The number of halogens is 1. The van der Waals surface area contributed by atoms with Crippen molar-refractivity contribution in [3.8, 4) is 17.0 Å². The third-order valence-electron chi connectivity index (χ3n) is 8.89. The number of hydrogen-bond donors (Lipinski definition) is 2. The van der Waals surface area contributed by atoms with Gasteiger partial charge in [-0.1, -0.05) is 0 Å². The lowest BCUT2D eigenvalue weighted by molar-refractivity contribution is -0.134. The summed E-state index contributed by atoms with van der Waals surface area (Å²) in [5, 5.41) is 2.72. The first-order valence-corrected chi connectivity index (χ1v) is 14.4. The lowest BCUT2D eigenvalue weighted by Crippen LogP contribution is -2.41. The maximum atomic E-state index is 16.1. The summed E-state index contributed by atoms with van der Waals surface area (Å²) in [7, 11) is 0. The highest BCUT2D eigenvalue weighted by atomic mass is 19.1. The standard InChI is InChI=1S/C31H32FN7O3/c1-3-42-22-14-19(29(40)36-23-12-17(2)6-9-34-23)13-21(32)24(22)25-26-27(33)35-10-11-38(26)28(37-25)18-4-5-20-15-31(7-8-31)30(41)39(20)16-18/h6,9-14,18,20H,3-5,7-8,15-16H2,1-2H3,(H2,33,35)(H,34,36,40)/t18-,20+/m1/s1. The number of nitrogens with one attached hydrogen (secondary N) is 1. The van der Waals surface area contributed by atoms with Gasteiger partial charge in [-0.2, -0.15) is 0 Å². The average Bonchev–Trinajstić information content (AvgIpc) is 3.56. The molecule has 0 unspecified atom stereocenters. The van der Waals surface area contributed by atoms with Crippen LogP contribution in [0, 0.1) is 18.2 Å². The van der Waals surface area contributed by atoms with Crippen LogP contribution in [0.4, 0.5) is 16.0 Å². The summed E-state index contributed by atoms with van der Waals surface area (Å²) in [5.41, 5.74) is 8.10. The van der Waals surface area contributed by atoms with Crippen LogP contribution in [0.2, 0.25) is 0 Å². The largest absolute Gasteiger partial charge is 0.493 e. The second-order valence-electron chi connectivity index (χ2n) is 11.7. The van der Waals surface area contributed by atoms with Crippen molar-refractivity contribution in [2.75, 3.05) is 24.2 Å². The summed E-state index contributed by atoms with van der Waals surface area (Å²) in [6.45, 7) is 4.49. The summed E-state index contributed by atoms with van der Waals surface area (Å²) < 4.78 is 23.8. The Morgan fingerprint density at radius 2 is 2.05 bits per heavy atom. The van der Waals surface area contributed by atoms with E-state index in [-0.39, 0.29) is 58.3 Å². The lowest BCUT2D eigenvalue weighted by Gasteiger charge is -2.34. The molecule has 0 bridgehead atoms. The van der Waals surface area contributed by atoms with Crippen molar-refractivity contribution < 1.29 is 18.7 Å². The summed E-state index contributed by atoms with van der Waals surface area (Å²) in [6.07, 6.45) is 9.64. The van der Waals surface area contributed by atoms with E-state index in [1.165, 1.54) is 12.1 Å². The van der Waals surface area contributed by atoms with Crippen LogP contribution in [-0.4, -0.2) is 55.3 Å². The Kier molecular flexibility index (Phi) is 6.14. The minimum Gasteiger partial charge on any atom is -0.493 e. The number of aromatic nitrogens is 4. The molecule has 1 aromatic carbocycles. The fraction of sp³-hybridized carbons (Fsp3) is 0.387. The minimum atomic E-state index is -0.674. The molecule has 2 aliphatic heterocycles. The number of rotatable bonds is 6. The van der Waals surface area contributed by atoms with Gasteiger partial charge in [0.2, 0.25) is 5.91 Å². The number of anilines is 2. The van der Waals surface area contributed by atoms with Crippen LogP contribution < -0.4 is 15.8 Å². The normalized spacial score (nSPS) is 20.6. The summed E-state index contributed by atoms with van der Waals surface area (Å²) in [6, 6.07) is 6.51. The molecule has 2 saturated heterocycles. The van der Waals surface area contributed by atoms with Crippen molar-refractivity contribution >= 4 is 29.0 Å². The van der Waals surface area contributed by atoms with Crippen molar-refractivity contribution in [3.63, 3.8) is 0 Å². The molecule has 3 N–H and O–H groups in total. The second kappa shape index (κ2) is 9.78. The zero-order chi connectivity index (χ0) is 29.2. The molecule has 42 heavy (non-hydrogen) atoms.